The van der Waals surface area contributed by atoms with Crippen LogP contribution in [0.5, 0.6) is 5.75 Å². The van der Waals surface area contributed by atoms with Crippen molar-refractivity contribution in [2.75, 3.05) is 6.54 Å². The van der Waals surface area contributed by atoms with Gasteiger partial charge in [0, 0.05) is 5.56 Å². The van der Waals surface area contributed by atoms with E-state index in [0.717, 1.165) is 0 Å². The molecular formula is C10H9NO2. The van der Waals surface area contributed by atoms with Crippen LogP contribution >= 0.6 is 0 Å². The molecule has 0 saturated heterocycles. The maximum Gasteiger partial charge on any atom is 0.235 e. The first-order valence-corrected chi connectivity index (χ1v) is 3.83. The second-order valence-electron chi connectivity index (χ2n) is 2.39. The van der Waals surface area contributed by atoms with Crippen LogP contribution < -0.4 is 0 Å². The third-order valence-electron chi connectivity index (χ3n) is 1.50. The van der Waals surface area contributed by atoms with E-state index < -0.39 is 0 Å². The summed E-state index contributed by atoms with van der Waals surface area (Å²) in [6.45, 7) is 0.290. The van der Waals surface area contributed by atoms with Crippen LogP contribution in [-0.2, 0) is 4.79 Å². The number of phenols is 1. The summed E-state index contributed by atoms with van der Waals surface area (Å²) in [5, 5.41) is 9.31. The van der Waals surface area contributed by atoms with Gasteiger partial charge in [0.05, 0.1) is 6.54 Å². The molecule has 0 spiro atoms. The van der Waals surface area contributed by atoms with Crippen LogP contribution in [-0.4, -0.2) is 17.7 Å². The molecular weight excluding hydrogens is 166 g/mol. The maximum absolute atomic E-state index is 9.71. The van der Waals surface area contributed by atoms with E-state index in [-0.39, 0.29) is 12.3 Å². The van der Waals surface area contributed by atoms with Crippen molar-refractivity contribution in [2.45, 2.75) is 0 Å². The summed E-state index contributed by atoms with van der Waals surface area (Å²) in [5.74, 6) is 0.217. The van der Waals surface area contributed by atoms with Crippen molar-refractivity contribution in [2.24, 2.45) is 4.99 Å². The van der Waals surface area contributed by atoms with Gasteiger partial charge in [-0.15, -0.1) is 0 Å². The average molecular weight is 175 g/mol. The predicted molar refractivity (Wildman–Crippen MR) is 50.1 cm³/mol. The number of nitrogens with zero attached hydrogens (tertiary/aromatic N) is 1. The zero-order valence-electron chi connectivity index (χ0n) is 6.97. The van der Waals surface area contributed by atoms with Gasteiger partial charge in [0.1, 0.15) is 5.75 Å². The third kappa shape index (κ3) is 2.93. The summed E-state index contributed by atoms with van der Waals surface area (Å²) in [6.07, 6.45) is 4.81. The van der Waals surface area contributed by atoms with E-state index in [1.165, 1.54) is 6.08 Å². The number of benzene rings is 1. The van der Waals surface area contributed by atoms with Crippen molar-refractivity contribution in [1.82, 2.24) is 0 Å². The van der Waals surface area contributed by atoms with Crippen LogP contribution in [0.2, 0.25) is 0 Å². The van der Waals surface area contributed by atoms with Gasteiger partial charge in [0.15, 0.2) is 0 Å². The zero-order chi connectivity index (χ0) is 9.52. The highest BCUT2D eigenvalue weighted by Crippen LogP contribution is 2.16. The molecule has 0 heterocycles. The Hall–Kier alpha value is -1.86. The maximum atomic E-state index is 9.71. The molecule has 1 aromatic rings. The van der Waals surface area contributed by atoms with Gasteiger partial charge in [-0.1, -0.05) is 30.4 Å². The molecule has 0 aliphatic heterocycles. The third-order valence-corrected chi connectivity index (χ3v) is 1.50. The normalized spacial score (nSPS) is 9.85. The summed E-state index contributed by atoms with van der Waals surface area (Å²) in [6, 6.07) is 6.94. The lowest BCUT2D eigenvalue weighted by molar-refractivity contribution is 0.474. The Morgan fingerprint density at radius 3 is 2.92 bits per heavy atom. The zero-order valence-corrected chi connectivity index (χ0v) is 6.97. The Labute approximate surface area is 76.1 Å². The summed E-state index contributed by atoms with van der Waals surface area (Å²) < 4.78 is 0. The van der Waals surface area contributed by atoms with Gasteiger partial charge in [-0.3, -0.25) is 0 Å². The fraction of sp³-hybridized carbons (Fsp3) is 0.100. The van der Waals surface area contributed by atoms with E-state index in [4.69, 9.17) is 0 Å². The fourth-order valence-electron chi connectivity index (χ4n) is 0.898. The van der Waals surface area contributed by atoms with E-state index >= 15 is 0 Å². The van der Waals surface area contributed by atoms with Crippen molar-refractivity contribution in [3.05, 3.63) is 35.9 Å². The first-order valence-electron chi connectivity index (χ1n) is 3.83. The van der Waals surface area contributed by atoms with Crippen molar-refractivity contribution in [3.63, 3.8) is 0 Å². The van der Waals surface area contributed by atoms with Gasteiger partial charge in [-0.25, -0.2) is 9.79 Å². The molecule has 1 rings (SSSR count). The van der Waals surface area contributed by atoms with Crippen LogP contribution in [0.4, 0.5) is 0 Å². The number of hydrogen-bond acceptors (Lipinski definition) is 3. The molecule has 1 aromatic carbocycles. The van der Waals surface area contributed by atoms with Crippen molar-refractivity contribution >= 4 is 12.2 Å². The lowest BCUT2D eigenvalue weighted by atomic mass is 10.2. The largest absolute Gasteiger partial charge is 0.507 e. The minimum atomic E-state index is 0.217. The highest BCUT2D eigenvalue weighted by atomic mass is 16.3. The van der Waals surface area contributed by atoms with Gasteiger partial charge in [-0.2, -0.15) is 0 Å². The molecule has 0 unspecified atom stereocenters. The number of carbonyl (C=O) groups excluding carboxylic acids is 1. The van der Waals surface area contributed by atoms with Gasteiger partial charge in [0.25, 0.3) is 0 Å². The highest BCUT2D eigenvalue weighted by molar-refractivity contribution is 5.56. The lowest BCUT2D eigenvalue weighted by Crippen LogP contribution is -1.74. The number of phenolic OH excluding ortho intramolecular Hbond substituents is 1. The Morgan fingerprint density at radius 1 is 1.46 bits per heavy atom. The molecule has 66 valence electrons. The molecule has 1 N–H and O–H groups in total. The molecule has 3 heteroatoms. The van der Waals surface area contributed by atoms with Gasteiger partial charge >= 0.3 is 0 Å². The average Bonchev–Trinajstić information content (AvgIpc) is 2.15. The van der Waals surface area contributed by atoms with E-state index in [9.17, 15) is 9.90 Å². The molecule has 0 fully saturated rings. The van der Waals surface area contributed by atoms with Crippen molar-refractivity contribution in [3.8, 4) is 5.75 Å². The van der Waals surface area contributed by atoms with Crippen molar-refractivity contribution < 1.29 is 9.90 Å². The number of para-hydroxylation sites is 1. The smallest absolute Gasteiger partial charge is 0.235 e. The Balaban J connectivity index is 2.68. The summed E-state index contributed by atoms with van der Waals surface area (Å²) >= 11 is 0. The van der Waals surface area contributed by atoms with Crippen LogP contribution in [0, 0.1) is 0 Å². The molecule has 13 heavy (non-hydrogen) atoms. The highest BCUT2D eigenvalue weighted by Gasteiger charge is 1.91. The van der Waals surface area contributed by atoms with Crippen molar-refractivity contribution in [1.29, 1.82) is 0 Å². The molecule has 0 atom stereocenters. The predicted octanol–water partition coefficient (Wildman–Crippen LogP) is 1.74. The van der Waals surface area contributed by atoms with E-state index in [1.54, 1.807) is 30.4 Å². The first-order chi connectivity index (χ1) is 6.34. The Bertz CT molecular complexity index is 352. The number of aromatic hydroxyl groups is 1. The van der Waals surface area contributed by atoms with Crippen LogP contribution in [0.3, 0.4) is 0 Å². The van der Waals surface area contributed by atoms with Crippen LogP contribution in [0.1, 0.15) is 5.56 Å². The quantitative estimate of drug-likeness (QED) is 0.562. The Morgan fingerprint density at radius 2 is 2.23 bits per heavy atom. The molecule has 3 nitrogen and oxygen atoms in total. The minimum absolute atomic E-state index is 0.217. The fourth-order valence-corrected chi connectivity index (χ4v) is 0.898. The summed E-state index contributed by atoms with van der Waals surface area (Å²) in [7, 11) is 0. The first kappa shape index (κ1) is 9.23. The SMILES string of the molecule is O=C=NC/C=C\c1ccccc1O. The lowest BCUT2D eigenvalue weighted by Gasteiger charge is -1.95. The van der Waals surface area contributed by atoms with Gasteiger partial charge < -0.3 is 5.11 Å². The molecule has 0 aliphatic rings. The number of hydrogen-bond donors (Lipinski definition) is 1. The molecule has 0 bridgehead atoms. The van der Waals surface area contributed by atoms with Crippen LogP contribution in [0.25, 0.3) is 6.08 Å². The molecule has 0 aliphatic carbocycles. The van der Waals surface area contributed by atoms with Gasteiger partial charge in [-0.05, 0) is 6.07 Å². The molecule has 0 saturated carbocycles. The second kappa shape index (κ2) is 4.91. The monoisotopic (exact) mass is 175 g/mol. The topological polar surface area (TPSA) is 49.7 Å². The molecule has 0 radical (unpaired) electrons. The van der Waals surface area contributed by atoms with E-state index in [2.05, 4.69) is 4.99 Å². The standard InChI is InChI=1S/C10H9NO2/c12-8-11-7-3-5-9-4-1-2-6-10(9)13/h1-6,13H,7H2/b5-3-. The van der Waals surface area contributed by atoms with E-state index in [0.29, 0.717) is 5.56 Å². The number of aliphatic imine (C=N–C) groups is 1. The van der Waals surface area contributed by atoms with Crippen LogP contribution in [0.15, 0.2) is 35.3 Å². The van der Waals surface area contributed by atoms with Gasteiger partial charge in [0.2, 0.25) is 6.08 Å². The number of isocyanates is 1. The summed E-state index contributed by atoms with van der Waals surface area (Å²) in [5.41, 5.74) is 0.712. The van der Waals surface area contributed by atoms with E-state index in [1.807, 2.05) is 6.07 Å². The summed E-state index contributed by atoms with van der Waals surface area (Å²) in [4.78, 5) is 13.1. The minimum Gasteiger partial charge on any atom is -0.507 e. The number of rotatable bonds is 3. The second-order valence-corrected chi connectivity index (χ2v) is 2.39. The molecule has 0 amide bonds. The Kier molecular flexibility index (Phi) is 3.48. The molecule has 0 aromatic heterocycles.